The molecule has 0 spiro atoms. The number of nitrogens with zero attached hydrogens (tertiary/aromatic N) is 1. The molecule has 38 heavy (non-hydrogen) atoms. The van der Waals surface area contributed by atoms with E-state index in [1.807, 2.05) is 0 Å². The maximum absolute atomic E-state index is 13.1. The van der Waals surface area contributed by atoms with Gasteiger partial charge in [0.25, 0.3) is 17.5 Å². The van der Waals surface area contributed by atoms with Crippen molar-refractivity contribution in [3.05, 3.63) is 84.2 Å². The minimum atomic E-state index is -4.68. The van der Waals surface area contributed by atoms with E-state index in [4.69, 9.17) is 16.3 Å². The largest absolute Gasteiger partial charge is 0.462 e. The van der Waals surface area contributed by atoms with Crippen LogP contribution in [0.1, 0.15) is 54.0 Å². The fraction of sp³-hybridized carbons (Fsp3) is 0.208. The first-order valence-electron chi connectivity index (χ1n) is 10.8. The van der Waals surface area contributed by atoms with Gasteiger partial charge in [-0.2, -0.15) is 13.2 Å². The van der Waals surface area contributed by atoms with Crippen LogP contribution in [-0.2, 0) is 10.9 Å². The van der Waals surface area contributed by atoms with E-state index >= 15 is 0 Å². The zero-order valence-electron chi connectivity index (χ0n) is 20.0. The van der Waals surface area contributed by atoms with E-state index in [1.165, 1.54) is 26.0 Å². The van der Waals surface area contributed by atoms with Crippen LogP contribution >= 0.6 is 22.9 Å². The third-order valence-corrected chi connectivity index (χ3v) is 6.81. The van der Waals surface area contributed by atoms with E-state index in [0.717, 1.165) is 18.2 Å². The number of esters is 1. The van der Waals surface area contributed by atoms with Crippen molar-refractivity contribution in [2.24, 2.45) is 0 Å². The minimum Gasteiger partial charge on any atom is -0.462 e. The zero-order chi connectivity index (χ0) is 28.4. The predicted octanol–water partition coefficient (Wildman–Crippen LogP) is 6.63. The molecule has 3 rings (SSSR count). The van der Waals surface area contributed by atoms with Crippen LogP contribution in [0.4, 0.5) is 29.5 Å². The molecule has 0 saturated heterocycles. The molecule has 14 heteroatoms. The highest BCUT2D eigenvalue weighted by molar-refractivity contribution is 7.19. The monoisotopic (exact) mass is 569 g/mol. The molecule has 9 nitrogen and oxygen atoms in total. The lowest BCUT2D eigenvalue weighted by Crippen LogP contribution is -2.15. The van der Waals surface area contributed by atoms with Gasteiger partial charge in [-0.3, -0.25) is 19.7 Å². The van der Waals surface area contributed by atoms with Gasteiger partial charge in [-0.25, -0.2) is 4.79 Å². The van der Waals surface area contributed by atoms with Crippen LogP contribution in [0, 0.1) is 24.0 Å². The first-order chi connectivity index (χ1) is 17.7. The standard InChI is InChI=1S/C24H19ClF3N3O6S/c1-4-37-23(34)18-12(3)19(21(33)29-16-10-14(24(26,27)28)7-8-15(16)25)38-22(18)30-20(32)13-6-5-11(2)17(9-13)31(35)36/h5-10H,4H2,1-3H3,(H,29,33)(H,30,32). The number of hydrogen-bond donors (Lipinski definition) is 2. The van der Waals surface area contributed by atoms with Gasteiger partial charge in [0.05, 0.1) is 38.2 Å². The quantitative estimate of drug-likeness (QED) is 0.187. The van der Waals surface area contributed by atoms with E-state index in [0.29, 0.717) is 23.0 Å². The van der Waals surface area contributed by atoms with Gasteiger partial charge in [-0.15, -0.1) is 11.3 Å². The Morgan fingerprint density at radius 3 is 2.37 bits per heavy atom. The number of nitro benzene ring substituents is 1. The number of amides is 2. The molecule has 1 heterocycles. The van der Waals surface area contributed by atoms with Gasteiger partial charge in [0.2, 0.25) is 0 Å². The molecule has 1 aromatic heterocycles. The summed E-state index contributed by atoms with van der Waals surface area (Å²) in [6, 6.07) is 6.22. The molecule has 0 bridgehead atoms. The summed E-state index contributed by atoms with van der Waals surface area (Å²) < 4.78 is 44.4. The van der Waals surface area contributed by atoms with Gasteiger partial charge in [0, 0.05) is 17.2 Å². The number of thiophene rings is 1. The number of ether oxygens (including phenoxy) is 1. The number of nitrogens with one attached hydrogen (secondary N) is 2. The number of halogens is 4. The lowest BCUT2D eigenvalue weighted by molar-refractivity contribution is -0.385. The molecule has 2 N–H and O–H groups in total. The van der Waals surface area contributed by atoms with Crippen LogP contribution < -0.4 is 10.6 Å². The molecular weight excluding hydrogens is 551 g/mol. The van der Waals surface area contributed by atoms with Crippen molar-refractivity contribution in [1.82, 2.24) is 0 Å². The van der Waals surface area contributed by atoms with Gasteiger partial charge >= 0.3 is 12.1 Å². The van der Waals surface area contributed by atoms with Crippen molar-refractivity contribution in [2.45, 2.75) is 26.9 Å². The number of rotatable bonds is 7. The van der Waals surface area contributed by atoms with Gasteiger partial charge < -0.3 is 15.4 Å². The Morgan fingerprint density at radius 1 is 1.08 bits per heavy atom. The van der Waals surface area contributed by atoms with Crippen molar-refractivity contribution in [3.63, 3.8) is 0 Å². The van der Waals surface area contributed by atoms with E-state index in [2.05, 4.69) is 10.6 Å². The third kappa shape index (κ3) is 6.11. The third-order valence-electron chi connectivity index (χ3n) is 5.27. The van der Waals surface area contributed by atoms with Gasteiger partial charge in [-0.05, 0) is 50.6 Å². The fourth-order valence-corrected chi connectivity index (χ4v) is 4.62. The lowest BCUT2D eigenvalue weighted by atomic mass is 10.1. The number of nitro groups is 1. The van der Waals surface area contributed by atoms with Crippen LogP contribution in [0.3, 0.4) is 0 Å². The first-order valence-corrected chi connectivity index (χ1v) is 12.0. The van der Waals surface area contributed by atoms with Crippen molar-refractivity contribution < 1.29 is 37.2 Å². The summed E-state index contributed by atoms with van der Waals surface area (Å²) in [5.41, 5.74) is -1.43. The number of aryl methyl sites for hydroxylation is 1. The van der Waals surface area contributed by atoms with Crippen molar-refractivity contribution in [2.75, 3.05) is 17.2 Å². The maximum Gasteiger partial charge on any atom is 0.416 e. The molecule has 0 aliphatic carbocycles. The zero-order valence-corrected chi connectivity index (χ0v) is 21.6. The summed E-state index contributed by atoms with van der Waals surface area (Å²) in [4.78, 5) is 49.1. The highest BCUT2D eigenvalue weighted by atomic mass is 35.5. The molecule has 2 aromatic carbocycles. The second-order valence-electron chi connectivity index (χ2n) is 7.84. The molecule has 0 saturated carbocycles. The Hall–Kier alpha value is -3.97. The molecule has 0 radical (unpaired) electrons. The lowest BCUT2D eigenvalue weighted by Gasteiger charge is -2.11. The van der Waals surface area contributed by atoms with Gasteiger partial charge in [-0.1, -0.05) is 17.7 Å². The molecule has 3 aromatic rings. The van der Waals surface area contributed by atoms with E-state index in [9.17, 15) is 37.7 Å². The van der Waals surface area contributed by atoms with E-state index in [-0.39, 0.29) is 49.6 Å². The molecule has 0 unspecified atom stereocenters. The number of alkyl halides is 3. The van der Waals surface area contributed by atoms with E-state index < -0.39 is 34.4 Å². The Balaban J connectivity index is 1.99. The number of carbonyl (C=O) groups is 3. The van der Waals surface area contributed by atoms with Crippen LogP contribution in [0.15, 0.2) is 36.4 Å². The van der Waals surface area contributed by atoms with Crippen LogP contribution in [0.5, 0.6) is 0 Å². The van der Waals surface area contributed by atoms with Crippen LogP contribution in [0.25, 0.3) is 0 Å². The number of carbonyl (C=O) groups excluding carboxylic acids is 3. The second-order valence-corrected chi connectivity index (χ2v) is 9.27. The van der Waals surface area contributed by atoms with Crippen molar-refractivity contribution in [3.8, 4) is 0 Å². The number of hydrogen-bond acceptors (Lipinski definition) is 7. The smallest absolute Gasteiger partial charge is 0.416 e. The summed E-state index contributed by atoms with van der Waals surface area (Å²) in [5, 5.41) is 15.8. The van der Waals surface area contributed by atoms with Gasteiger partial charge in [0.15, 0.2) is 0 Å². The summed E-state index contributed by atoms with van der Waals surface area (Å²) in [6.07, 6.45) is -4.68. The Bertz CT molecular complexity index is 1450. The minimum absolute atomic E-state index is 0.0208. The summed E-state index contributed by atoms with van der Waals surface area (Å²) >= 11 is 6.65. The van der Waals surface area contributed by atoms with Crippen LogP contribution in [0.2, 0.25) is 5.02 Å². The molecule has 2 amide bonds. The SMILES string of the molecule is CCOC(=O)c1c(NC(=O)c2ccc(C)c([N+](=O)[O-])c2)sc(C(=O)Nc2cc(C(F)(F)F)ccc2Cl)c1C. The molecule has 0 atom stereocenters. The first kappa shape index (κ1) is 28.6. The summed E-state index contributed by atoms with van der Waals surface area (Å²) in [5.74, 6) is -2.54. The number of anilines is 2. The Kier molecular flexibility index (Phi) is 8.42. The topological polar surface area (TPSA) is 128 Å². The molecule has 0 aliphatic heterocycles. The van der Waals surface area contributed by atoms with Gasteiger partial charge in [0.1, 0.15) is 5.00 Å². The predicted molar refractivity (Wildman–Crippen MR) is 135 cm³/mol. The van der Waals surface area contributed by atoms with Crippen LogP contribution in [-0.4, -0.2) is 29.3 Å². The average Bonchev–Trinajstić information content (AvgIpc) is 3.15. The second kappa shape index (κ2) is 11.2. The average molecular weight is 570 g/mol. The maximum atomic E-state index is 13.1. The normalized spacial score (nSPS) is 11.1. The molecule has 0 aliphatic rings. The summed E-state index contributed by atoms with van der Waals surface area (Å²) in [6.45, 7) is 4.43. The molecule has 200 valence electrons. The molecule has 0 fully saturated rings. The number of benzene rings is 2. The van der Waals surface area contributed by atoms with E-state index in [1.54, 1.807) is 6.92 Å². The highest BCUT2D eigenvalue weighted by Gasteiger charge is 2.32. The molecular formula is C24H19ClF3N3O6S. The Morgan fingerprint density at radius 2 is 1.76 bits per heavy atom. The van der Waals surface area contributed by atoms with Crippen molar-refractivity contribution in [1.29, 1.82) is 0 Å². The summed E-state index contributed by atoms with van der Waals surface area (Å²) in [7, 11) is 0. The van der Waals surface area contributed by atoms with Crippen molar-refractivity contribution >= 4 is 57.1 Å². The fourth-order valence-electron chi connectivity index (χ4n) is 3.37. The Labute approximate surface area is 222 Å². The highest BCUT2D eigenvalue weighted by Crippen LogP contribution is 2.37.